The molecule has 4 saturated heterocycles. The summed E-state index contributed by atoms with van der Waals surface area (Å²) in [5, 5.41) is 45.3. The van der Waals surface area contributed by atoms with Crippen molar-refractivity contribution in [2.75, 3.05) is 19.7 Å². The molecular weight excluding hydrogens is 872 g/mol. The summed E-state index contributed by atoms with van der Waals surface area (Å²) in [6.45, 7) is 0.812. The molecule has 2 aromatic carbocycles. The number of hydrogen-bond acceptors (Lipinski definition) is 18. The van der Waals surface area contributed by atoms with Crippen LogP contribution >= 0.6 is 0 Å². The smallest absolute Gasteiger partial charge is 0.407 e. The SMILES string of the molecule is C[C@H]1C[C@H]2CC(=O)O[C@@H]2[C@@H](O[C@@H]2O[C@H](CO)[C@@H](O[C@H]3O[C@H]4CNC(=O)O[C@H]4[C@H](O)[C@H]3NC(=O)OCc3ccccc3)[C@H]2O)[C@@H]1O[C@H]1OC(CN=[N+]=[N-])=CC[C@H]1NC(=O)OCc1ccccc1. The number of azide groups is 1. The van der Waals surface area contributed by atoms with Crippen LogP contribution in [0.5, 0.6) is 0 Å². The van der Waals surface area contributed by atoms with Crippen LogP contribution in [0.4, 0.5) is 14.4 Å². The van der Waals surface area contributed by atoms with Crippen LogP contribution in [-0.4, -0.2) is 145 Å². The Morgan fingerprint density at radius 3 is 2.18 bits per heavy atom. The molecule has 6 N–H and O–H groups in total. The van der Waals surface area contributed by atoms with E-state index in [2.05, 4.69) is 26.0 Å². The Morgan fingerprint density at radius 2 is 1.50 bits per heavy atom. The van der Waals surface area contributed by atoms with Gasteiger partial charge in [-0.25, -0.2) is 14.4 Å². The van der Waals surface area contributed by atoms with Crippen molar-refractivity contribution >= 4 is 24.2 Å². The van der Waals surface area contributed by atoms with Crippen molar-refractivity contribution in [2.24, 2.45) is 17.0 Å². The van der Waals surface area contributed by atoms with Crippen LogP contribution in [0.1, 0.15) is 37.3 Å². The highest BCUT2D eigenvalue weighted by molar-refractivity contribution is 5.72. The van der Waals surface area contributed by atoms with Crippen molar-refractivity contribution in [3.63, 3.8) is 0 Å². The van der Waals surface area contributed by atoms with Gasteiger partial charge in [0.15, 0.2) is 18.7 Å². The van der Waals surface area contributed by atoms with Gasteiger partial charge in [-0.1, -0.05) is 72.7 Å². The van der Waals surface area contributed by atoms with Crippen LogP contribution in [0.3, 0.4) is 0 Å². The molecule has 5 aliphatic heterocycles. The molecule has 5 heterocycles. The number of esters is 1. The van der Waals surface area contributed by atoms with E-state index in [-0.39, 0.29) is 56.7 Å². The van der Waals surface area contributed by atoms with Gasteiger partial charge in [-0.3, -0.25) is 4.79 Å². The average Bonchev–Trinajstić information content (AvgIpc) is 3.84. The maximum atomic E-state index is 13.1. The monoisotopic (exact) mass is 924 g/mol. The summed E-state index contributed by atoms with van der Waals surface area (Å²) in [7, 11) is 0. The Bertz CT molecular complexity index is 2100. The van der Waals surface area contributed by atoms with Gasteiger partial charge in [-0.15, -0.1) is 0 Å². The lowest BCUT2D eigenvalue weighted by atomic mass is 9.76. The van der Waals surface area contributed by atoms with Crippen molar-refractivity contribution < 1.29 is 81.9 Å². The lowest BCUT2D eigenvalue weighted by Gasteiger charge is -2.46. The number of ether oxygens (including phenoxy) is 10. The summed E-state index contributed by atoms with van der Waals surface area (Å²) in [5.41, 5.74) is 10.4. The van der Waals surface area contributed by atoms with E-state index in [4.69, 9.17) is 52.9 Å². The highest BCUT2D eigenvalue weighted by atomic mass is 16.8. The minimum absolute atomic E-state index is 0.00331. The number of carbonyl (C=O) groups is 4. The number of nitrogens with one attached hydrogen (secondary N) is 3. The van der Waals surface area contributed by atoms with E-state index in [1.54, 1.807) is 48.5 Å². The molecule has 0 aromatic heterocycles. The molecular formula is C43H52N6O17. The maximum Gasteiger partial charge on any atom is 0.407 e. The van der Waals surface area contributed by atoms with E-state index in [0.29, 0.717) is 12.0 Å². The zero-order chi connectivity index (χ0) is 46.3. The molecule has 6 aliphatic rings. The first-order valence-electron chi connectivity index (χ1n) is 21.7. The van der Waals surface area contributed by atoms with Gasteiger partial charge in [0.05, 0.1) is 38.3 Å². The standard InChI is InChI=1S/C43H52N6O17/c1-21-14-24-15-29(51)62-34(24)37(33(21)63-38-26(13-12-25(59-38)16-46-49-44)47-42(55)57-19-22-8-4-2-5-9-22)65-40-32(53)36(28(18-50)61-40)64-39-30(31(52)35-27(60-39)17-45-41(54)66-35)48-43(56)58-20-23-10-6-3-7-11-23/h2-12,21,24,26-28,30-40,50,52-53H,13-20H2,1H3,(H,45,54)(H,47,55)(H,48,56)/t21-,24-,26+,27-,28+,30+,31+,32+,33+,34-,35+,36+,37-,38+,39+,40-/m0/s1. The molecule has 3 amide bonds. The molecule has 2 aromatic rings. The van der Waals surface area contributed by atoms with Gasteiger partial charge in [0.2, 0.25) is 6.29 Å². The number of alkyl carbamates (subject to hydrolysis) is 3. The molecule has 16 atom stereocenters. The summed E-state index contributed by atoms with van der Waals surface area (Å²) in [5.74, 6) is -0.857. The van der Waals surface area contributed by atoms with E-state index < -0.39 is 117 Å². The van der Waals surface area contributed by atoms with Gasteiger partial charge >= 0.3 is 24.2 Å². The van der Waals surface area contributed by atoms with E-state index in [1.807, 2.05) is 25.1 Å². The maximum absolute atomic E-state index is 13.1. The Kier molecular flexibility index (Phi) is 15.1. The molecule has 23 heteroatoms. The highest BCUT2D eigenvalue weighted by Crippen LogP contribution is 2.43. The largest absolute Gasteiger partial charge is 0.467 e. The van der Waals surface area contributed by atoms with Crippen LogP contribution in [-0.2, 0) is 65.4 Å². The van der Waals surface area contributed by atoms with Gasteiger partial charge in [0.25, 0.3) is 0 Å². The molecule has 0 unspecified atom stereocenters. The third kappa shape index (κ3) is 10.9. The third-order valence-corrected chi connectivity index (χ3v) is 12.3. The molecule has 5 fully saturated rings. The number of aliphatic hydroxyl groups is 3. The van der Waals surface area contributed by atoms with Gasteiger partial charge in [-0.2, -0.15) is 0 Å². The molecule has 0 bridgehead atoms. The number of aliphatic hydroxyl groups excluding tert-OH is 3. The van der Waals surface area contributed by atoms with E-state index in [1.165, 1.54) is 0 Å². The predicted octanol–water partition coefficient (Wildman–Crippen LogP) is 1.92. The van der Waals surface area contributed by atoms with E-state index in [0.717, 1.165) is 5.56 Å². The topological polar surface area (TPSA) is 306 Å². The Hall–Kier alpha value is -5.75. The van der Waals surface area contributed by atoms with Gasteiger partial charge in [-0.05, 0) is 41.5 Å². The van der Waals surface area contributed by atoms with Gasteiger partial charge in [0.1, 0.15) is 67.7 Å². The van der Waals surface area contributed by atoms with Crippen molar-refractivity contribution in [1.82, 2.24) is 16.0 Å². The normalized spacial score (nSPS) is 35.8. The van der Waals surface area contributed by atoms with Crippen molar-refractivity contribution in [3.8, 4) is 0 Å². The zero-order valence-corrected chi connectivity index (χ0v) is 35.6. The number of amides is 3. The lowest BCUT2D eigenvalue weighted by molar-refractivity contribution is -0.289. The summed E-state index contributed by atoms with van der Waals surface area (Å²) in [6.07, 6.45) is -15.6. The molecule has 356 valence electrons. The second kappa shape index (κ2) is 21.3. The first-order chi connectivity index (χ1) is 32.0. The van der Waals surface area contributed by atoms with Gasteiger partial charge in [0, 0.05) is 10.8 Å². The first kappa shape index (κ1) is 46.8. The average molecular weight is 925 g/mol. The summed E-state index contributed by atoms with van der Waals surface area (Å²) < 4.78 is 59.7. The number of fused-ring (bicyclic) bond motifs is 2. The van der Waals surface area contributed by atoms with Crippen molar-refractivity contribution in [2.45, 2.75) is 125 Å². The molecule has 0 spiro atoms. The quantitative estimate of drug-likeness (QED) is 0.0489. The summed E-state index contributed by atoms with van der Waals surface area (Å²) in [4.78, 5) is 53.9. The van der Waals surface area contributed by atoms with Crippen LogP contribution in [0.25, 0.3) is 10.4 Å². The number of benzene rings is 2. The Labute approximate surface area is 377 Å². The molecule has 1 saturated carbocycles. The zero-order valence-electron chi connectivity index (χ0n) is 35.6. The van der Waals surface area contributed by atoms with Crippen LogP contribution in [0.2, 0.25) is 0 Å². The molecule has 0 radical (unpaired) electrons. The molecule has 8 rings (SSSR count). The molecule has 66 heavy (non-hydrogen) atoms. The predicted molar refractivity (Wildman–Crippen MR) is 220 cm³/mol. The first-order valence-corrected chi connectivity index (χ1v) is 21.7. The number of carbonyl (C=O) groups excluding carboxylic acids is 4. The fourth-order valence-corrected chi connectivity index (χ4v) is 9.03. The van der Waals surface area contributed by atoms with E-state index >= 15 is 0 Å². The second-order valence-electron chi connectivity index (χ2n) is 16.8. The molecule has 1 aliphatic carbocycles. The fourth-order valence-electron chi connectivity index (χ4n) is 9.03. The third-order valence-electron chi connectivity index (χ3n) is 12.3. The van der Waals surface area contributed by atoms with Crippen molar-refractivity contribution in [1.29, 1.82) is 0 Å². The minimum Gasteiger partial charge on any atom is -0.467 e. The van der Waals surface area contributed by atoms with Gasteiger partial charge < -0.3 is 78.6 Å². The van der Waals surface area contributed by atoms with Crippen molar-refractivity contribution in [3.05, 3.63) is 94.1 Å². The number of rotatable bonds is 15. The Morgan fingerprint density at radius 1 is 0.833 bits per heavy atom. The summed E-state index contributed by atoms with van der Waals surface area (Å²) >= 11 is 0. The van der Waals surface area contributed by atoms with Crippen LogP contribution < -0.4 is 16.0 Å². The van der Waals surface area contributed by atoms with E-state index in [9.17, 15) is 34.5 Å². The lowest BCUT2D eigenvalue weighted by Crippen LogP contribution is -2.69. The second-order valence-corrected chi connectivity index (χ2v) is 16.8. The molecule has 23 nitrogen and oxygen atoms in total. The van der Waals surface area contributed by atoms with Crippen LogP contribution in [0, 0.1) is 11.8 Å². The van der Waals surface area contributed by atoms with Crippen LogP contribution in [0.15, 0.2) is 77.6 Å². The highest BCUT2D eigenvalue weighted by Gasteiger charge is 2.57. The Balaban J connectivity index is 0.993. The number of hydrogen-bond donors (Lipinski definition) is 6. The summed E-state index contributed by atoms with van der Waals surface area (Å²) in [6, 6.07) is 15.7. The fraction of sp³-hybridized carbons (Fsp3) is 0.581. The minimum atomic E-state index is -1.68. The number of nitrogens with zero attached hydrogens (tertiary/aromatic N) is 3.